The van der Waals surface area contributed by atoms with Gasteiger partial charge in [0.15, 0.2) is 11.5 Å². The van der Waals surface area contributed by atoms with Crippen molar-refractivity contribution in [1.82, 2.24) is 5.43 Å². The molecule has 6 heteroatoms. The number of ether oxygens (including phenoxy) is 2. The fourth-order valence-corrected chi connectivity index (χ4v) is 1.56. The van der Waals surface area contributed by atoms with E-state index in [1.807, 2.05) is 12.1 Å². The second-order valence-corrected chi connectivity index (χ2v) is 3.79. The van der Waals surface area contributed by atoms with Gasteiger partial charge in [0.25, 0.3) is 0 Å². The lowest BCUT2D eigenvalue weighted by molar-refractivity contribution is 0.174. The van der Waals surface area contributed by atoms with Crippen LogP contribution in [0.3, 0.4) is 0 Å². The average molecular weight is 281 g/mol. The van der Waals surface area contributed by atoms with Gasteiger partial charge in [0.1, 0.15) is 0 Å². The first-order chi connectivity index (χ1) is 7.29. The predicted octanol–water partition coefficient (Wildman–Crippen LogP) is 2.04. The van der Waals surface area contributed by atoms with Crippen molar-refractivity contribution in [3.63, 3.8) is 0 Å². The Kier molecular flexibility index (Phi) is 7.30. The van der Waals surface area contributed by atoms with Crippen LogP contribution in [0, 0.1) is 0 Å². The van der Waals surface area contributed by atoms with Gasteiger partial charge >= 0.3 is 0 Å². The summed E-state index contributed by atoms with van der Waals surface area (Å²) in [6.45, 7) is 2.40. The van der Waals surface area contributed by atoms with E-state index in [9.17, 15) is 0 Å². The minimum atomic E-state index is 0. The van der Waals surface area contributed by atoms with Gasteiger partial charge in [-0.1, -0.05) is 6.07 Å². The largest absolute Gasteiger partial charge is 0.454 e. The van der Waals surface area contributed by atoms with Crippen molar-refractivity contribution in [3.8, 4) is 11.5 Å². The minimum Gasteiger partial charge on any atom is -0.454 e. The van der Waals surface area contributed by atoms with Gasteiger partial charge in [0, 0.05) is 6.04 Å². The van der Waals surface area contributed by atoms with Crippen LogP contribution in [-0.2, 0) is 6.42 Å². The Labute approximate surface area is 114 Å². The van der Waals surface area contributed by atoms with Crippen LogP contribution in [-0.4, -0.2) is 12.8 Å². The average Bonchev–Trinajstić information content (AvgIpc) is 2.72. The number of halogens is 2. The maximum atomic E-state index is 5.33. The molecule has 0 radical (unpaired) electrons. The van der Waals surface area contributed by atoms with Gasteiger partial charge in [-0.2, -0.15) is 0 Å². The number of nitrogens with one attached hydrogen (secondary N) is 1. The summed E-state index contributed by atoms with van der Waals surface area (Å²) in [5.41, 5.74) is 3.98. The number of rotatable bonds is 4. The lowest BCUT2D eigenvalue weighted by atomic mass is 10.1. The number of fused-ring (bicyclic) bond motifs is 1. The molecule has 2 rings (SSSR count). The minimum absolute atomic E-state index is 0. The molecule has 0 fully saturated rings. The fraction of sp³-hybridized carbons (Fsp3) is 0.455. The van der Waals surface area contributed by atoms with E-state index in [1.165, 1.54) is 5.56 Å². The zero-order valence-corrected chi connectivity index (χ0v) is 11.3. The second-order valence-electron chi connectivity index (χ2n) is 3.79. The number of benzene rings is 1. The second kappa shape index (κ2) is 7.61. The molecule has 0 aliphatic carbocycles. The van der Waals surface area contributed by atoms with Crippen LogP contribution in [0.1, 0.15) is 18.9 Å². The van der Waals surface area contributed by atoms with E-state index in [0.717, 1.165) is 24.3 Å². The number of hydrogen-bond acceptors (Lipinski definition) is 4. The molecular weight excluding hydrogens is 263 g/mol. The monoisotopic (exact) mass is 280 g/mol. The quantitative estimate of drug-likeness (QED) is 0.655. The molecule has 0 saturated carbocycles. The fourth-order valence-electron chi connectivity index (χ4n) is 1.56. The molecule has 1 atom stereocenters. The van der Waals surface area contributed by atoms with Crippen molar-refractivity contribution in [2.24, 2.45) is 5.84 Å². The summed E-state index contributed by atoms with van der Waals surface area (Å²) in [5.74, 6) is 7.02. The van der Waals surface area contributed by atoms with Crippen molar-refractivity contribution >= 4 is 24.8 Å². The summed E-state index contributed by atoms with van der Waals surface area (Å²) in [6.07, 6.45) is 2.00. The van der Waals surface area contributed by atoms with Crippen LogP contribution >= 0.6 is 24.8 Å². The maximum Gasteiger partial charge on any atom is 0.231 e. The topological polar surface area (TPSA) is 56.5 Å². The number of nitrogens with two attached hydrogens (primary N) is 1. The highest BCUT2D eigenvalue weighted by atomic mass is 35.5. The van der Waals surface area contributed by atoms with Gasteiger partial charge in [-0.05, 0) is 37.5 Å². The van der Waals surface area contributed by atoms with E-state index in [4.69, 9.17) is 15.3 Å². The third kappa shape index (κ3) is 4.24. The first kappa shape index (κ1) is 16.3. The smallest absolute Gasteiger partial charge is 0.231 e. The molecule has 98 valence electrons. The summed E-state index contributed by atoms with van der Waals surface area (Å²) in [6, 6.07) is 6.39. The molecule has 1 aliphatic rings. The molecule has 1 heterocycles. The third-order valence-corrected chi connectivity index (χ3v) is 2.59. The van der Waals surface area contributed by atoms with E-state index < -0.39 is 0 Å². The van der Waals surface area contributed by atoms with E-state index >= 15 is 0 Å². The molecule has 4 nitrogen and oxygen atoms in total. The molecule has 0 saturated heterocycles. The molecule has 1 aliphatic heterocycles. The Morgan fingerprint density at radius 1 is 1.29 bits per heavy atom. The van der Waals surface area contributed by atoms with Crippen molar-refractivity contribution < 1.29 is 9.47 Å². The lowest BCUT2D eigenvalue weighted by Gasteiger charge is -2.09. The van der Waals surface area contributed by atoms with E-state index in [1.54, 1.807) is 0 Å². The third-order valence-electron chi connectivity index (χ3n) is 2.59. The van der Waals surface area contributed by atoms with Crippen LogP contribution in [0.25, 0.3) is 0 Å². The molecular formula is C11H18Cl2N2O2. The molecule has 1 aromatic rings. The van der Waals surface area contributed by atoms with Gasteiger partial charge in [-0.15, -0.1) is 24.8 Å². The Hall–Kier alpha value is -0.680. The van der Waals surface area contributed by atoms with Gasteiger partial charge in [-0.25, -0.2) is 0 Å². The summed E-state index contributed by atoms with van der Waals surface area (Å²) in [7, 11) is 0. The Balaban J connectivity index is 0.00000128. The highest BCUT2D eigenvalue weighted by Gasteiger charge is 2.13. The van der Waals surface area contributed by atoms with Crippen molar-refractivity contribution in [3.05, 3.63) is 23.8 Å². The van der Waals surface area contributed by atoms with Crippen LogP contribution in [0.2, 0.25) is 0 Å². The van der Waals surface area contributed by atoms with Crippen LogP contribution < -0.4 is 20.7 Å². The highest BCUT2D eigenvalue weighted by molar-refractivity contribution is 5.85. The van der Waals surface area contributed by atoms with Gasteiger partial charge in [-0.3, -0.25) is 11.3 Å². The zero-order chi connectivity index (χ0) is 10.7. The Morgan fingerprint density at radius 3 is 2.71 bits per heavy atom. The molecule has 1 unspecified atom stereocenters. The van der Waals surface area contributed by atoms with Gasteiger partial charge in [0.2, 0.25) is 6.79 Å². The first-order valence-electron chi connectivity index (χ1n) is 5.14. The summed E-state index contributed by atoms with van der Waals surface area (Å²) >= 11 is 0. The molecule has 0 aromatic heterocycles. The van der Waals surface area contributed by atoms with Gasteiger partial charge in [0.05, 0.1) is 0 Å². The SMILES string of the molecule is CC(CCc1ccc2c(c1)OCO2)NN.Cl.Cl. The van der Waals surface area contributed by atoms with Crippen LogP contribution in [0.4, 0.5) is 0 Å². The van der Waals surface area contributed by atoms with E-state index in [-0.39, 0.29) is 24.8 Å². The molecule has 0 bridgehead atoms. The van der Waals surface area contributed by atoms with E-state index in [2.05, 4.69) is 18.4 Å². The van der Waals surface area contributed by atoms with Crippen molar-refractivity contribution in [1.29, 1.82) is 0 Å². The standard InChI is InChI=1S/C11H16N2O2.2ClH/c1-8(13-12)2-3-9-4-5-10-11(6-9)15-7-14-10;;/h4-6,8,13H,2-3,7,12H2,1H3;2*1H. The van der Waals surface area contributed by atoms with Crippen molar-refractivity contribution in [2.45, 2.75) is 25.8 Å². The molecule has 17 heavy (non-hydrogen) atoms. The lowest BCUT2D eigenvalue weighted by Crippen LogP contribution is -2.32. The first-order valence-corrected chi connectivity index (χ1v) is 5.14. The Morgan fingerprint density at radius 2 is 2.00 bits per heavy atom. The van der Waals surface area contributed by atoms with Gasteiger partial charge < -0.3 is 9.47 Å². The normalized spacial score (nSPS) is 13.5. The van der Waals surface area contributed by atoms with E-state index in [0.29, 0.717) is 12.8 Å². The van der Waals surface area contributed by atoms with Crippen molar-refractivity contribution in [2.75, 3.05) is 6.79 Å². The van der Waals surface area contributed by atoms with Crippen LogP contribution in [0.5, 0.6) is 11.5 Å². The molecule has 3 N–H and O–H groups in total. The molecule has 0 spiro atoms. The highest BCUT2D eigenvalue weighted by Crippen LogP contribution is 2.32. The molecule has 0 amide bonds. The number of hydrogen-bond donors (Lipinski definition) is 2. The zero-order valence-electron chi connectivity index (χ0n) is 9.64. The Bertz CT molecular complexity index is 350. The summed E-state index contributed by atoms with van der Waals surface area (Å²) in [4.78, 5) is 0. The predicted molar refractivity (Wildman–Crippen MR) is 72.2 cm³/mol. The maximum absolute atomic E-state index is 5.33. The van der Waals surface area contributed by atoms with Crippen LogP contribution in [0.15, 0.2) is 18.2 Å². The molecule has 1 aromatic carbocycles. The number of hydrazine groups is 1. The summed E-state index contributed by atoms with van der Waals surface area (Å²) < 4.78 is 10.6. The number of aryl methyl sites for hydroxylation is 1. The summed E-state index contributed by atoms with van der Waals surface area (Å²) in [5, 5.41) is 0.